The van der Waals surface area contributed by atoms with E-state index in [1.807, 2.05) is 24.3 Å². The zero-order chi connectivity index (χ0) is 17.6. The average molecular weight is 341 g/mol. The van der Waals surface area contributed by atoms with Crippen molar-refractivity contribution >= 4 is 5.91 Å². The molecular formula is C18H16FN3O3. The maximum absolute atomic E-state index is 12.9. The first kappa shape index (κ1) is 16.6. The molecule has 2 aromatic carbocycles. The minimum Gasteiger partial charge on any atom is -0.496 e. The number of nitrogens with zero attached hydrogens (tertiary/aromatic N) is 2. The number of methoxy groups -OCH3 is 1. The monoisotopic (exact) mass is 341 g/mol. The lowest BCUT2D eigenvalue weighted by atomic mass is 10.1. The molecule has 1 heterocycles. The molecule has 3 aromatic rings. The summed E-state index contributed by atoms with van der Waals surface area (Å²) in [6.45, 7) is 0.239. The highest BCUT2D eigenvalue weighted by atomic mass is 19.1. The van der Waals surface area contributed by atoms with Gasteiger partial charge in [0.15, 0.2) is 0 Å². The predicted octanol–water partition coefficient (Wildman–Crippen LogP) is 2.74. The van der Waals surface area contributed by atoms with Gasteiger partial charge in [-0.15, -0.1) is 10.2 Å². The van der Waals surface area contributed by atoms with Crippen LogP contribution in [0.2, 0.25) is 0 Å². The first-order chi connectivity index (χ1) is 12.2. The molecular weight excluding hydrogens is 325 g/mol. The van der Waals surface area contributed by atoms with E-state index in [0.717, 1.165) is 11.1 Å². The Morgan fingerprint density at radius 3 is 2.68 bits per heavy atom. The summed E-state index contributed by atoms with van der Waals surface area (Å²) in [5, 5.41) is 10.3. The van der Waals surface area contributed by atoms with Crippen LogP contribution in [0.1, 0.15) is 27.7 Å². The molecule has 0 bridgehead atoms. The molecule has 0 saturated carbocycles. The van der Waals surface area contributed by atoms with Gasteiger partial charge in [0.2, 0.25) is 5.89 Å². The van der Waals surface area contributed by atoms with E-state index in [2.05, 4.69) is 15.5 Å². The summed E-state index contributed by atoms with van der Waals surface area (Å²) >= 11 is 0. The summed E-state index contributed by atoms with van der Waals surface area (Å²) in [6, 6.07) is 13.3. The molecule has 0 aliphatic rings. The van der Waals surface area contributed by atoms with Crippen molar-refractivity contribution in [3.8, 4) is 5.75 Å². The maximum Gasteiger partial charge on any atom is 0.309 e. The van der Waals surface area contributed by atoms with E-state index in [4.69, 9.17) is 9.15 Å². The second kappa shape index (κ2) is 7.57. The van der Waals surface area contributed by atoms with E-state index in [9.17, 15) is 9.18 Å². The number of hydrogen-bond donors (Lipinski definition) is 1. The smallest absolute Gasteiger partial charge is 0.309 e. The van der Waals surface area contributed by atoms with E-state index in [-0.39, 0.29) is 18.3 Å². The summed E-state index contributed by atoms with van der Waals surface area (Å²) in [5.41, 5.74) is 1.65. The zero-order valence-corrected chi connectivity index (χ0v) is 13.5. The minimum absolute atomic E-state index is 0.119. The molecule has 0 unspecified atom stereocenters. The number of benzene rings is 2. The first-order valence-electron chi connectivity index (χ1n) is 7.62. The van der Waals surface area contributed by atoms with Crippen molar-refractivity contribution in [2.45, 2.75) is 13.0 Å². The molecule has 6 nitrogen and oxygen atoms in total. The Balaban J connectivity index is 1.62. The SMILES string of the molecule is COc1ccccc1Cc1nnc(C(=O)NCc2ccc(F)cc2)o1. The van der Waals surface area contributed by atoms with Crippen LogP contribution in [0.4, 0.5) is 4.39 Å². The van der Waals surface area contributed by atoms with E-state index in [0.29, 0.717) is 18.1 Å². The molecule has 7 heteroatoms. The second-order valence-electron chi connectivity index (χ2n) is 5.30. The van der Waals surface area contributed by atoms with Gasteiger partial charge in [0.25, 0.3) is 0 Å². The molecule has 128 valence electrons. The lowest BCUT2D eigenvalue weighted by molar-refractivity contribution is 0.0914. The Kier molecular flexibility index (Phi) is 5.03. The van der Waals surface area contributed by atoms with Gasteiger partial charge in [-0.25, -0.2) is 4.39 Å². The number of carbonyl (C=O) groups excluding carboxylic acids is 1. The van der Waals surface area contributed by atoms with Crippen LogP contribution in [-0.4, -0.2) is 23.2 Å². The molecule has 1 N–H and O–H groups in total. The van der Waals surface area contributed by atoms with Gasteiger partial charge in [0, 0.05) is 12.1 Å². The van der Waals surface area contributed by atoms with Crippen molar-refractivity contribution < 1.29 is 18.3 Å². The third-order valence-corrected chi connectivity index (χ3v) is 3.56. The van der Waals surface area contributed by atoms with Crippen LogP contribution < -0.4 is 10.1 Å². The number of para-hydroxylation sites is 1. The first-order valence-corrected chi connectivity index (χ1v) is 7.62. The Morgan fingerprint density at radius 1 is 1.16 bits per heavy atom. The summed E-state index contributed by atoms with van der Waals surface area (Å²) in [6.07, 6.45) is 0.363. The third-order valence-electron chi connectivity index (χ3n) is 3.56. The number of carbonyl (C=O) groups is 1. The molecule has 1 amide bonds. The fourth-order valence-corrected chi connectivity index (χ4v) is 2.29. The van der Waals surface area contributed by atoms with Crippen molar-refractivity contribution in [2.75, 3.05) is 7.11 Å². The van der Waals surface area contributed by atoms with Gasteiger partial charge in [0.1, 0.15) is 11.6 Å². The van der Waals surface area contributed by atoms with Gasteiger partial charge in [-0.1, -0.05) is 30.3 Å². The highest BCUT2D eigenvalue weighted by Gasteiger charge is 2.16. The molecule has 0 saturated heterocycles. The highest BCUT2D eigenvalue weighted by Crippen LogP contribution is 2.20. The Labute approximate surface area is 143 Å². The number of amides is 1. The minimum atomic E-state index is -0.483. The van der Waals surface area contributed by atoms with Gasteiger partial charge < -0.3 is 14.5 Å². The molecule has 3 rings (SSSR count). The number of aromatic nitrogens is 2. The van der Waals surface area contributed by atoms with Crippen LogP contribution in [0.3, 0.4) is 0 Å². The van der Waals surface area contributed by atoms with Gasteiger partial charge in [-0.2, -0.15) is 0 Å². The van der Waals surface area contributed by atoms with Crippen LogP contribution in [0, 0.1) is 5.82 Å². The highest BCUT2D eigenvalue weighted by molar-refractivity contribution is 5.89. The molecule has 25 heavy (non-hydrogen) atoms. The van der Waals surface area contributed by atoms with Crippen LogP contribution >= 0.6 is 0 Å². The third kappa shape index (κ3) is 4.20. The van der Waals surface area contributed by atoms with E-state index in [1.165, 1.54) is 12.1 Å². The Hall–Kier alpha value is -3.22. The zero-order valence-electron chi connectivity index (χ0n) is 13.5. The molecule has 1 aromatic heterocycles. The summed E-state index contributed by atoms with van der Waals surface area (Å²) in [4.78, 5) is 12.1. The van der Waals surface area contributed by atoms with Gasteiger partial charge in [-0.05, 0) is 23.8 Å². The molecule has 0 aliphatic heterocycles. The molecule has 0 aliphatic carbocycles. The molecule has 0 spiro atoms. The van der Waals surface area contributed by atoms with Crippen molar-refractivity contribution in [3.05, 3.63) is 77.3 Å². The standard InChI is InChI=1S/C18H16FN3O3/c1-24-15-5-3-2-4-13(15)10-16-21-22-18(25-16)17(23)20-11-12-6-8-14(19)9-7-12/h2-9H,10-11H2,1H3,(H,20,23). The second-order valence-corrected chi connectivity index (χ2v) is 5.30. The van der Waals surface area contributed by atoms with Crippen molar-refractivity contribution in [3.63, 3.8) is 0 Å². The summed E-state index contributed by atoms with van der Waals surface area (Å²) < 4.78 is 23.5. The summed E-state index contributed by atoms with van der Waals surface area (Å²) in [7, 11) is 1.58. The van der Waals surface area contributed by atoms with Crippen LogP contribution in [0.5, 0.6) is 5.75 Å². The van der Waals surface area contributed by atoms with E-state index in [1.54, 1.807) is 19.2 Å². The summed E-state index contributed by atoms with van der Waals surface area (Å²) in [5.74, 6) is 0.0996. The lowest BCUT2D eigenvalue weighted by Crippen LogP contribution is -2.23. The van der Waals surface area contributed by atoms with E-state index < -0.39 is 5.91 Å². The number of nitrogens with one attached hydrogen (secondary N) is 1. The van der Waals surface area contributed by atoms with Gasteiger partial charge >= 0.3 is 11.8 Å². The van der Waals surface area contributed by atoms with Crippen LogP contribution in [0.25, 0.3) is 0 Å². The normalized spacial score (nSPS) is 10.5. The fraction of sp³-hybridized carbons (Fsp3) is 0.167. The number of halogens is 1. The van der Waals surface area contributed by atoms with Crippen LogP contribution in [0.15, 0.2) is 52.9 Å². The predicted molar refractivity (Wildman–Crippen MR) is 87.7 cm³/mol. The van der Waals surface area contributed by atoms with E-state index >= 15 is 0 Å². The number of hydrogen-bond acceptors (Lipinski definition) is 5. The fourth-order valence-electron chi connectivity index (χ4n) is 2.29. The topological polar surface area (TPSA) is 77.2 Å². The maximum atomic E-state index is 12.9. The Morgan fingerprint density at radius 2 is 1.92 bits per heavy atom. The van der Waals surface area contributed by atoms with Crippen LogP contribution in [-0.2, 0) is 13.0 Å². The number of ether oxygens (including phenoxy) is 1. The number of rotatable bonds is 6. The lowest BCUT2D eigenvalue weighted by Gasteiger charge is -2.05. The van der Waals surface area contributed by atoms with Gasteiger partial charge in [-0.3, -0.25) is 4.79 Å². The van der Waals surface area contributed by atoms with Crippen molar-refractivity contribution in [2.24, 2.45) is 0 Å². The quantitative estimate of drug-likeness (QED) is 0.746. The van der Waals surface area contributed by atoms with Crippen molar-refractivity contribution in [1.29, 1.82) is 0 Å². The van der Waals surface area contributed by atoms with Crippen molar-refractivity contribution in [1.82, 2.24) is 15.5 Å². The largest absolute Gasteiger partial charge is 0.496 e. The molecule has 0 fully saturated rings. The molecule has 0 radical (unpaired) electrons. The average Bonchev–Trinajstić information content (AvgIpc) is 3.10. The molecule has 0 atom stereocenters. The Bertz CT molecular complexity index is 862. The van der Waals surface area contributed by atoms with Gasteiger partial charge in [0.05, 0.1) is 13.5 Å².